The molecule has 1 aromatic heterocycles. The number of halogens is 1. The number of pyridine rings is 1. The van der Waals surface area contributed by atoms with E-state index in [1.807, 2.05) is 6.07 Å². The molecule has 1 heterocycles. The van der Waals surface area contributed by atoms with Crippen molar-refractivity contribution in [2.75, 3.05) is 0 Å². The first-order valence-electron chi connectivity index (χ1n) is 4.07. The van der Waals surface area contributed by atoms with Crippen molar-refractivity contribution in [3.8, 4) is 0 Å². The molecule has 2 nitrogen and oxygen atoms in total. The first-order chi connectivity index (χ1) is 5.91. The van der Waals surface area contributed by atoms with E-state index in [-0.39, 0.29) is 5.41 Å². The van der Waals surface area contributed by atoms with Crippen molar-refractivity contribution in [1.29, 1.82) is 0 Å². The van der Waals surface area contributed by atoms with Gasteiger partial charge in [0.05, 0.1) is 0 Å². The molecule has 0 unspecified atom stereocenters. The van der Waals surface area contributed by atoms with Crippen molar-refractivity contribution in [1.82, 2.24) is 4.98 Å². The maximum Gasteiger partial charge on any atom is 0.270 e. The molecule has 0 radical (unpaired) electrons. The number of aromatic nitrogens is 1. The number of carbonyl (C=O) groups is 1. The Bertz CT molecular complexity index is 328. The molecule has 0 saturated carbocycles. The fourth-order valence-corrected chi connectivity index (χ4v) is 1.11. The standard InChI is InChI=1S/C10H12ClNO/c1-10(2,3)7-4-5-12-8(6-7)9(11)13/h4-6H,1-3H3. The number of hydrogen-bond donors (Lipinski definition) is 0. The third kappa shape index (κ3) is 2.52. The van der Waals surface area contributed by atoms with E-state index in [2.05, 4.69) is 25.8 Å². The second-order valence-corrected chi connectivity index (χ2v) is 4.30. The van der Waals surface area contributed by atoms with E-state index in [9.17, 15) is 4.79 Å². The average molecular weight is 198 g/mol. The molecule has 0 aliphatic heterocycles. The maximum absolute atomic E-state index is 10.8. The largest absolute Gasteiger partial charge is 0.274 e. The van der Waals surface area contributed by atoms with Gasteiger partial charge in [0, 0.05) is 6.20 Å². The normalized spacial score (nSPS) is 11.4. The van der Waals surface area contributed by atoms with Crippen LogP contribution in [0.3, 0.4) is 0 Å². The smallest absolute Gasteiger partial charge is 0.270 e. The zero-order valence-corrected chi connectivity index (χ0v) is 8.72. The SMILES string of the molecule is CC(C)(C)c1ccnc(C(=O)Cl)c1. The number of carbonyl (C=O) groups excluding carboxylic acids is 1. The summed E-state index contributed by atoms with van der Waals surface area (Å²) in [7, 11) is 0. The Hall–Kier alpha value is -0.890. The van der Waals surface area contributed by atoms with E-state index in [0.717, 1.165) is 5.56 Å². The van der Waals surface area contributed by atoms with E-state index in [4.69, 9.17) is 11.6 Å². The third-order valence-corrected chi connectivity index (χ3v) is 2.02. The van der Waals surface area contributed by atoms with E-state index in [1.165, 1.54) is 0 Å². The zero-order chi connectivity index (χ0) is 10.1. The minimum absolute atomic E-state index is 0.0179. The van der Waals surface area contributed by atoms with Crippen LogP contribution in [0.4, 0.5) is 0 Å². The molecular weight excluding hydrogens is 186 g/mol. The summed E-state index contributed by atoms with van der Waals surface area (Å²) in [5.74, 6) is 0. The average Bonchev–Trinajstić information content (AvgIpc) is 2.03. The van der Waals surface area contributed by atoms with Crippen LogP contribution in [0.2, 0.25) is 0 Å². The van der Waals surface area contributed by atoms with Gasteiger partial charge in [-0.3, -0.25) is 9.78 Å². The molecule has 13 heavy (non-hydrogen) atoms. The quantitative estimate of drug-likeness (QED) is 0.648. The minimum atomic E-state index is -0.508. The molecule has 0 bridgehead atoms. The van der Waals surface area contributed by atoms with Crippen LogP contribution in [-0.2, 0) is 5.41 Å². The number of nitrogens with zero attached hydrogens (tertiary/aromatic N) is 1. The van der Waals surface area contributed by atoms with Crippen LogP contribution < -0.4 is 0 Å². The predicted molar refractivity (Wildman–Crippen MR) is 53.1 cm³/mol. The van der Waals surface area contributed by atoms with Crippen LogP contribution >= 0.6 is 11.6 Å². The Morgan fingerprint density at radius 1 is 1.46 bits per heavy atom. The molecule has 1 aromatic rings. The highest BCUT2D eigenvalue weighted by molar-refractivity contribution is 6.67. The highest BCUT2D eigenvalue weighted by Gasteiger charge is 2.15. The lowest BCUT2D eigenvalue weighted by Crippen LogP contribution is -2.12. The number of rotatable bonds is 1. The van der Waals surface area contributed by atoms with Gasteiger partial charge in [-0.1, -0.05) is 20.8 Å². The Balaban J connectivity index is 3.13. The third-order valence-electron chi connectivity index (χ3n) is 1.83. The zero-order valence-electron chi connectivity index (χ0n) is 7.97. The Morgan fingerprint density at radius 3 is 2.54 bits per heavy atom. The van der Waals surface area contributed by atoms with Crippen LogP contribution in [0.1, 0.15) is 36.8 Å². The molecule has 0 amide bonds. The van der Waals surface area contributed by atoms with E-state index < -0.39 is 5.24 Å². The fourth-order valence-electron chi connectivity index (χ4n) is 1.00. The van der Waals surface area contributed by atoms with Gasteiger partial charge < -0.3 is 0 Å². The second kappa shape index (κ2) is 3.46. The molecule has 0 N–H and O–H groups in total. The van der Waals surface area contributed by atoms with Gasteiger partial charge in [0.25, 0.3) is 5.24 Å². The lowest BCUT2D eigenvalue weighted by atomic mass is 9.87. The highest BCUT2D eigenvalue weighted by atomic mass is 35.5. The Morgan fingerprint density at radius 2 is 2.08 bits per heavy atom. The summed E-state index contributed by atoms with van der Waals surface area (Å²) in [6, 6.07) is 3.62. The molecule has 0 aliphatic rings. The van der Waals surface area contributed by atoms with Gasteiger partial charge >= 0.3 is 0 Å². The molecule has 0 saturated heterocycles. The predicted octanol–water partition coefficient (Wildman–Crippen LogP) is 2.76. The van der Waals surface area contributed by atoms with Crippen LogP contribution in [0.25, 0.3) is 0 Å². The fraction of sp³-hybridized carbons (Fsp3) is 0.400. The molecule has 3 heteroatoms. The van der Waals surface area contributed by atoms with Gasteiger partial charge in [0.1, 0.15) is 5.69 Å². The van der Waals surface area contributed by atoms with Crippen molar-refractivity contribution in [3.63, 3.8) is 0 Å². The van der Waals surface area contributed by atoms with Crippen molar-refractivity contribution in [2.45, 2.75) is 26.2 Å². The van der Waals surface area contributed by atoms with Crippen molar-refractivity contribution >= 4 is 16.8 Å². The highest BCUT2D eigenvalue weighted by Crippen LogP contribution is 2.22. The summed E-state index contributed by atoms with van der Waals surface area (Å²) in [5, 5.41) is -0.508. The summed E-state index contributed by atoms with van der Waals surface area (Å²) < 4.78 is 0. The van der Waals surface area contributed by atoms with Gasteiger partial charge in [-0.15, -0.1) is 0 Å². The molecule has 70 valence electrons. The molecule has 0 aromatic carbocycles. The summed E-state index contributed by atoms with van der Waals surface area (Å²) in [4.78, 5) is 14.7. The van der Waals surface area contributed by atoms with Crippen LogP contribution in [0.15, 0.2) is 18.3 Å². The summed E-state index contributed by atoms with van der Waals surface area (Å²) in [6.07, 6.45) is 1.61. The van der Waals surface area contributed by atoms with E-state index in [0.29, 0.717) is 5.69 Å². The molecule has 1 rings (SSSR count). The van der Waals surface area contributed by atoms with Crippen LogP contribution in [0, 0.1) is 0 Å². The van der Waals surface area contributed by atoms with Gasteiger partial charge in [-0.2, -0.15) is 0 Å². The molecular formula is C10H12ClNO. The molecule has 0 spiro atoms. The Kier molecular flexibility index (Phi) is 2.71. The lowest BCUT2D eigenvalue weighted by Gasteiger charge is -2.18. The van der Waals surface area contributed by atoms with Crippen LogP contribution in [-0.4, -0.2) is 10.2 Å². The topological polar surface area (TPSA) is 30.0 Å². The summed E-state index contributed by atoms with van der Waals surface area (Å²) in [5.41, 5.74) is 1.39. The van der Waals surface area contributed by atoms with Gasteiger partial charge in [0.15, 0.2) is 0 Å². The lowest BCUT2D eigenvalue weighted by molar-refractivity contribution is 0.107. The Labute approximate surface area is 82.9 Å². The van der Waals surface area contributed by atoms with E-state index >= 15 is 0 Å². The van der Waals surface area contributed by atoms with Crippen LogP contribution in [0.5, 0.6) is 0 Å². The van der Waals surface area contributed by atoms with Gasteiger partial charge in [0.2, 0.25) is 0 Å². The first-order valence-corrected chi connectivity index (χ1v) is 4.45. The van der Waals surface area contributed by atoms with Gasteiger partial charge in [-0.25, -0.2) is 0 Å². The summed E-state index contributed by atoms with van der Waals surface area (Å²) in [6.45, 7) is 6.22. The first kappa shape index (κ1) is 10.2. The molecule has 0 fully saturated rings. The van der Waals surface area contributed by atoms with Crippen molar-refractivity contribution < 1.29 is 4.79 Å². The van der Waals surface area contributed by atoms with E-state index in [1.54, 1.807) is 12.3 Å². The maximum atomic E-state index is 10.8. The monoisotopic (exact) mass is 197 g/mol. The van der Waals surface area contributed by atoms with Crippen molar-refractivity contribution in [2.24, 2.45) is 0 Å². The molecule has 0 aliphatic carbocycles. The molecule has 0 atom stereocenters. The van der Waals surface area contributed by atoms with Gasteiger partial charge in [-0.05, 0) is 34.7 Å². The minimum Gasteiger partial charge on any atom is -0.274 e. The second-order valence-electron chi connectivity index (χ2n) is 3.95. The number of hydrogen-bond acceptors (Lipinski definition) is 2. The van der Waals surface area contributed by atoms with Crippen molar-refractivity contribution in [3.05, 3.63) is 29.6 Å². The summed E-state index contributed by atoms with van der Waals surface area (Å²) >= 11 is 5.32.